The van der Waals surface area contributed by atoms with Crippen LogP contribution in [0, 0.1) is 5.92 Å². The highest BCUT2D eigenvalue weighted by atomic mass is 28.4. The summed E-state index contributed by atoms with van der Waals surface area (Å²) in [6.45, 7) is 8.07. The van der Waals surface area contributed by atoms with Gasteiger partial charge >= 0.3 is 14.8 Å². The molecule has 0 aromatic heterocycles. The molecule has 0 fully saturated rings. The summed E-state index contributed by atoms with van der Waals surface area (Å²) >= 11 is 0. The molecule has 0 heterocycles. The Kier molecular flexibility index (Phi) is 10.1. The number of carboxylic acid groups (broad SMARTS) is 1. The third-order valence-electron chi connectivity index (χ3n) is 3.09. The highest BCUT2D eigenvalue weighted by Gasteiger charge is 2.40. The van der Waals surface area contributed by atoms with Gasteiger partial charge in [0.15, 0.2) is 0 Å². The Hall–Kier alpha value is -1.09. The molecule has 0 amide bonds. The third kappa shape index (κ3) is 6.78. The number of aliphatic carboxylic acids is 1. The van der Waals surface area contributed by atoms with Crippen LogP contribution in [0.3, 0.4) is 0 Å². The van der Waals surface area contributed by atoms with Gasteiger partial charge < -0.3 is 18.4 Å². The summed E-state index contributed by atoms with van der Waals surface area (Å²) in [5.41, 5.74) is 0. The van der Waals surface area contributed by atoms with Gasteiger partial charge in [-0.25, -0.2) is 4.79 Å². The molecule has 1 atom stereocenters. The Labute approximate surface area is 132 Å². The Balaban J connectivity index is 4.78. The summed E-state index contributed by atoms with van der Waals surface area (Å²) in [6.07, 6.45) is 0.581. The van der Waals surface area contributed by atoms with E-state index in [0.29, 0.717) is 32.3 Å². The van der Waals surface area contributed by atoms with Crippen molar-refractivity contribution in [3.8, 4) is 0 Å². The maximum Gasteiger partial charge on any atom is 0.500 e. The molecular formula is C14H26O7Si. The quantitative estimate of drug-likeness (QED) is 0.311. The summed E-state index contributed by atoms with van der Waals surface area (Å²) in [5.74, 6) is -4.20. The van der Waals surface area contributed by atoms with E-state index in [4.69, 9.17) is 18.4 Å². The number of rotatable bonds is 13. The number of ketones is 2. The molecule has 7 nitrogen and oxygen atoms in total. The fourth-order valence-electron chi connectivity index (χ4n) is 2.19. The van der Waals surface area contributed by atoms with Crippen molar-refractivity contribution in [1.29, 1.82) is 0 Å². The minimum Gasteiger partial charge on any atom is -0.475 e. The van der Waals surface area contributed by atoms with Gasteiger partial charge in [-0.05, 0) is 40.5 Å². The van der Waals surface area contributed by atoms with Gasteiger partial charge in [0.2, 0.25) is 5.78 Å². The van der Waals surface area contributed by atoms with Gasteiger partial charge in [-0.15, -0.1) is 0 Å². The van der Waals surface area contributed by atoms with Crippen LogP contribution < -0.4 is 0 Å². The highest BCUT2D eigenvalue weighted by molar-refractivity contribution is 6.60. The van der Waals surface area contributed by atoms with E-state index >= 15 is 0 Å². The van der Waals surface area contributed by atoms with Crippen LogP contribution in [0.5, 0.6) is 0 Å². The molecule has 0 rings (SSSR count). The van der Waals surface area contributed by atoms with Gasteiger partial charge in [0, 0.05) is 25.9 Å². The number of carboxylic acids is 1. The van der Waals surface area contributed by atoms with Gasteiger partial charge in [0.25, 0.3) is 0 Å². The fraction of sp³-hybridized carbons (Fsp3) is 0.786. The van der Waals surface area contributed by atoms with Crippen LogP contribution in [-0.2, 0) is 27.7 Å². The van der Waals surface area contributed by atoms with E-state index in [1.54, 1.807) is 0 Å². The van der Waals surface area contributed by atoms with Crippen molar-refractivity contribution in [2.45, 2.75) is 46.6 Å². The summed E-state index contributed by atoms with van der Waals surface area (Å²) in [7, 11) is -2.83. The predicted octanol–water partition coefficient (Wildman–Crippen LogP) is 1.67. The molecule has 0 aromatic carbocycles. The molecule has 0 aliphatic carbocycles. The van der Waals surface area contributed by atoms with Crippen LogP contribution in [0.4, 0.5) is 0 Å². The lowest BCUT2D eigenvalue weighted by atomic mass is 9.95. The average Bonchev–Trinajstić information content (AvgIpc) is 2.43. The van der Waals surface area contributed by atoms with E-state index in [1.807, 2.05) is 20.8 Å². The van der Waals surface area contributed by atoms with Gasteiger partial charge in [-0.1, -0.05) is 0 Å². The topological polar surface area (TPSA) is 99.1 Å². The van der Waals surface area contributed by atoms with Gasteiger partial charge in [0.05, 0.1) is 5.92 Å². The molecule has 0 aliphatic rings. The third-order valence-corrected chi connectivity index (χ3v) is 6.24. The van der Waals surface area contributed by atoms with Crippen molar-refractivity contribution in [2.24, 2.45) is 5.92 Å². The molecule has 0 saturated heterocycles. The monoisotopic (exact) mass is 334 g/mol. The minimum atomic E-state index is -2.83. The number of carbonyl (C=O) groups excluding carboxylic acids is 2. The molecule has 1 unspecified atom stereocenters. The van der Waals surface area contributed by atoms with E-state index in [-0.39, 0.29) is 6.42 Å². The van der Waals surface area contributed by atoms with Crippen molar-refractivity contribution in [2.75, 3.05) is 19.8 Å². The first kappa shape index (κ1) is 20.9. The second-order valence-electron chi connectivity index (χ2n) is 4.71. The lowest BCUT2D eigenvalue weighted by Gasteiger charge is -2.28. The smallest absolute Gasteiger partial charge is 0.475 e. The second-order valence-corrected chi connectivity index (χ2v) is 7.44. The minimum absolute atomic E-state index is 0.155. The SMILES string of the molecule is CCO[Si](CCCC(C(C)=O)C(=O)C(=O)O)(OCC)OCC. The Morgan fingerprint density at radius 1 is 1.00 bits per heavy atom. The highest BCUT2D eigenvalue weighted by Crippen LogP contribution is 2.22. The van der Waals surface area contributed by atoms with Crippen LogP contribution in [-0.4, -0.2) is 51.3 Å². The molecule has 0 spiro atoms. The molecule has 0 radical (unpaired) electrons. The van der Waals surface area contributed by atoms with E-state index < -0.39 is 32.3 Å². The fourth-order valence-corrected chi connectivity index (χ4v) is 4.83. The molecule has 8 heteroatoms. The first-order valence-corrected chi connectivity index (χ1v) is 9.46. The Bertz CT molecular complexity index is 366. The van der Waals surface area contributed by atoms with Crippen molar-refractivity contribution in [3.05, 3.63) is 0 Å². The first-order valence-electron chi connectivity index (χ1n) is 7.52. The van der Waals surface area contributed by atoms with Crippen LogP contribution in [0.15, 0.2) is 0 Å². The van der Waals surface area contributed by atoms with E-state index in [2.05, 4.69) is 0 Å². The number of carbonyl (C=O) groups is 3. The van der Waals surface area contributed by atoms with Gasteiger partial charge in [0.1, 0.15) is 5.78 Å². The zero-order chi connectivity index (χ0) is 17.2. The standard InChI is InChI=1S/C14H26O7Si/c1-5-19-22(20-6-2,21-7-3)10-8-9-12(11(4)15)13(16)14(17)18/h12H,5-10H2,1-4H3,(H,17,18). The van der Waals surface area contributed by atoms with E-state index in [0.717, 1.165) is 0 Å². The molecule has 1 N–H and O–H groups in total. The van der Waals surface area contributed by atoms with Crippen LogP contribution in [0.2, 0.25) is 6.04 Å². The summed E-state index contributed by atoms with van der Waals surface area (Å²) < 4.78 is 17.0. The lowest BCUT2D eigenvalue weighted by molar-refractivity contribution is -0.152. The molecule has 0 saturated carbocycles. The maximum atomic E-state index is 11.5. The van der Waals surface area contributed by atoms with E-state index in [1.165, 1.54) is 6.92 Å². The van der Waals surface area contributed by atoms with Crippen LogP contribution in [0.25, 0.3) is 0 Å². The zero-order valence-corrected chi connectivity index (χ0v) is 14.7. The van der Waals surface area contributed by atoms with Crippen molar-refractivity contribution in [1.82, 2.24) is 0 Å². The first-order chi connectivity index (χ1) is 10.3. The molecular weight excluding hydrogens is 308 g/mol. The summed E-state index contributed by atoms with van der Waals surface area (Å²) in [5, 5.41) is 8.75. The summed E-state index contributed by atoms with van der Waals surface area (Å²) in [6, 6.07) is 0.444. The predicted molar refractivity (Wildman–Crippen MR) is 81.5 cm³/mol. The average molecular weight is 334 g/mol. The maximum absolute atomic E-state index is 11.5. The lowest BCUT2D eigenvalue weighted by Crippen LogP contribution is -2.46. The molecule has 128 valence electrons. The molecule has 0 bridgehead atoms. The zero-order valence-electron chi connectivity index (χ0n) is 13.7. The van der Waals surface area contributed by atoms with Crippen molar-refractivity contribution < 1.29 is 32.8 Å². The molecule has 0 aliphatic heterocycles. The van der Waals surface area contributed by atoms with Crippen molar-refractivity contribution in [3.63, 3.8) is 0 Å². The normalized spacial score (nSPS) is 12.9. The van der Waals surface area contributed by atoms with E-state index in [9.17, 15) is 14.4 Å². The largest absolute Gasteiger partial charge is 0.500 e. The number of hydrogen-bond donors (Lipinski definition) is 1. The number of hydrogen-bond acceptors (Lipinski definition) is 6. The molecule has 0 aromatic rings. The second kappa shape index (κ2) is 10.6. The Morgan fingerprint density at radius 3 is 1.77 bits per heavy atom. The van der Waals surface area contributed by atoms with Crippen molar-refractivity contribution >= 4 is 26.3 Å². The molecule has 22 heavy (non-hydrogen) atoms. The van der Waals surface area contributed by atoms with Gasteiger partial charge in [-0.3, -0.25) is 9.59 Å². The van der Waals surface area contributed by atoms with Crippen LogP contribution in [0.1, 0.15) is 40.5 Å². The number of Topliss-reactive ketones (excluding diaryl/α,β-unsaturated/α-hetero) is 2. The van der Waals surface area contributed by atoms with Gasteiger partial charge in [-0.2, -0.15) is 0 Å². The van der Waals surface area contributed by atoms with Crippen LogP contribution >= 0.6 is 0 Å². The summed E-state index contributed by atoms with van der Waals surface area (Å²) in [4.78, 5) is 33.7. The Morgan fingerprint density at radius 2 is 1.45 bits per heavy atom.